The molecule has 0 saturated heterocycles. The fraction of sp³-hybridized carbons (Fsp3) is 0.385. The maximum absolute atomic E-state index is 11.3. The zero-order valence-corrected chi connectivity index (χ0v) is 9.67. The van der Waals surface area contributed by atoms with Crippen LogP contribution >= 0.6 is 0 Å². The molecule has 0 heterocycles. The van der Waals surface area contributed by atoms with E-state index in [-0.39, 0.29) is 0 Å². The zero-order chi connectivity index (χ0) is 12.8. The van der Waals surface area contributed by atoms with Crippen molar-refractivity contribution in [2.75, 3.05) is 0 Å². The summed E-state index contributed by atoms with van der Waals surface area (Å²) in [4.78, 5) is 22.4. The molecule has 4 heteroatoms. The second-order valence-electron chi connectivity index (χ2n) is 3.96. The number of carboxylic acids is 2. The van der Waals surface area contributed by atoms with Gasteiger partial charge in [-0.25, -0.2) is 0 Å². The summed E-state index contributed by atoms with van der Waals surface area (Å²) in [6.07, 6.45) is 1.01. The molecule has 92 valence electrons. The molecule has 2 atom stereocenters. The van der Waals surface area contributed by atoms with E-state index in [0.717, 1.165) is 0 Å². The summed E-state index contributed by atoms with van der Waals surface area (Å²) >= 11 is 0. The molecule has 0 spiro atoms. The Morgan fingerprint density at radius 2 is 1.71 bits per heavy atom. The van der Waals surface area contributed by atoms with Crippen LogP contribution in [0.4, 0.5) is 0 Å². The van der Waals surface area contributed by atoms with Gasteiger partial charge in [0.2, 0.25) is 0 Å². The molecule has 0 saturated carbocycles. The van der Waals surface area contributed by atoms with Crippen molar-refractivity contribution in [3.05, 3.63) is 35.9 Å². The van der Waals surface area contributed by atoms with Crippen molar-refractivity contribution in [2.24, 2.45) is 5.92 Å². The van der Waals surface area contributed by atoms with Crippen molar-refractivity contribution in [2.45, 2.75) is 25.7 Å². The van der Waals surface area contributed by atoms with Gasteiger partial charge < -0.3 is 10.2 Å². The van der Waals surface area contributed by atoms with Gasteiger partial charge in [-0.05, 0) is 12.0 Å². The van der Waals surface area contributed by atoms with E-state index in [2.05, 4.69) is 0 Å². The van der Waals surface area contributed by atoms with Crippen LogP contribution in [-0.2, 0) is 9.59 Å². The predicted octanol–water partition coefficient (Wildman–Crippen LogP) is 2.36. The SMILES string of the molecule is CCC[C@H](C(=O)O)[C@H](C(=O)O)c1ccccc1. The van der Waals surface area contributed by atoms with Gasteiger partial charge in [-0.2, -0.15) is 0 Å². The predicted molar refractivity (Wildman–Crippen MR) is 62.9 cm³/mol. The lowest BCUT2D eigenvalue weighted by molar-refractivity contribution is -0.150. The summed E-state index contributed by atoms with van der Waals surface area (Å²) in [5.74, 6) is -3.99. The number of benzene rings is 1. The smallest absolute Gasteiger partial charge is 0.311 e. The molecule has 1 rings (SSSR count). The first kappa shape index (κ1) is 13.2. The Morgan fingerprint density at radius 3 is 2.12 bits per heavy atom. The quantitative estimate of drug-likeness (QED) is 0.795. The maximum atomic E-state index is 11.3. The van der Waals surface area contributed by atoms with Crippen LogP contribution in [0.3, 0.4) is 0 Å². The van der Waals surface area contributed by atoms with Crippen LogP contribution < -0.4 is 0 Å². The number of aliphatic carboxylic acids is 2. The first-order chi connectivity index (χ1) is 8.07. The molecule has 2 N–H and O–H groups in total. The van der Waals surface area contributed by atoms with E-state index < -0.39 is 23.8 Å². The van der Waals surface area contributed by atoms with Crippen molar-refractivity contribution in [1.29, 1.82) is 0 Å². The highest BCUT2D eigenvalue weighted by molar-refractivity contribution is 5.84. The van der Waals surface area contributed by atoms with Crippen LogP contribution in [0.1, 0.15) is 31.2 Å². The summed E-state index contributed by atoms with van der Waals surface area (Å²) in [5, 5.41) is 18.3. The first-order valence-electron chi connectivity index (χ1n) is 5.58. The molecule has 0 bridgehead atoms. The van der Waals surface area contributed by atoms with Gasteiger partial charge in [0.05, 0.1) is 11.8 Å². The van der Waals surface area contributed by atoms with Crippen molar-refractivity contribution in [1.82, 2.24) is 0 Å². The van der Waals surface area contributed by atoms with Gasteiger partial charge in [-0.3, -0.25) is 9.59 Å². The third kappa shape index (κ3) is 3.31. The molecule has 0 aliphatic carbocycles. The molecule has 0 fully saturated rings. The lowest BCUT2D eigenvalue weighted by atomic mass is 9.83. The van der Waals surface area contributed by atoms with Crippen LogP contribution in [0.25, 0.3) is 0 Å². The molecule has 1 aromatic rings. The van der Waals surface area contributed by atoms with Crippen molar-refractivity contribution < 1.29 is 19.8 Å². The Balaban J connectivity index is 3.07. The lowest BCUT2D eigenvalue weighted by Gasteiger charge is -2.20. The third-order valence-corrected chi connectivity index (χ3v) is 2.74. The highest BCUT2D eigenvalue weighted by Crippen LogP contribution is 2.28. The normalized spacial score (nSPS) is 13.9. The van der Waals surface area contributed by atoms with Gasteiger partial charge >= 0.3 is 11.9 Å². The Hall–Kier alpha value is -1.84. The monoisotopic (exact) mass is 236 g/mol. The van der Waals surface area contributed by atoms with E-state index in [1.807, 2.05) is 6.92 Å². The standard InChI is InChI=1S/C13H16O4/c1-2-6-10(12(14)15)11(13(16)17)9-7-4-3-5-8-9/h3-5,7-8,10-11H,2,6H2,1H3,(H,14,15)(H,16,17)/t10-,11+/m0/s1. The first-order valence-corrected chi connectivity index (χ1v) is 5.58. The number of hydrogen-bond donors (Lipinski definition) is 2. The Bertz CT molecular complexity index is 386. The lowest BCUT2D eigenvalue weighted by Crippen LogP contribution is -2.28. The van der Waals surface area contributed by atoms with Crippen LogP contribution in [0, 0.1) is 5.92 Å². The number of carboxylic acid groups (broad SMARTS) is 2. The van der Waals surface area contributed by atoms with E-state index in [4.69, 9.17) is 5.11 Å². The average molecular weight is 236 g/mol. The summed E-state index contributed by atoms with van der Waals surface area (Å²) in [6.45, 7) is 1.85. The molecule has 0 aromatic heterocycles. The fourth-order valence-electron chi connectivity index (χ4n) is 1.95. The average Bonchev–Trinajstić information content (AvgIpc) is 2.29. The molecular formula is C13H16O4. The molecule has 0 radical (unpaired) electrons. The van der Waals surface area contributed by atoms with Crippen molar-refractivity contribution in [3.8, 4) is 0 Å². The van der Waals surface area contributed by atoms with E-state index in [0.29, 0.717) is 18.4 Å². The van der Waals surface area contributed by atoms with Crippen LogP contribution in [0.15, 0.2) is 30.3 Å². The highest BCUT2D eigenvalue weighted by atomic mass is 16.4. The van der Waals surface area contributed by atoms with E-state index in [1.165, 1.54) is 0 Å². The Labute approximate surface area is 99.9 Å². The molecule has 0 unspecified atom stereocenters. The van der Waals surface area contributed by atoms with E-state index >= 15 is 0 Å². The minimum Gasteiger partial charge on any atom is -0.481 e. The van der Waals surface area contributed by atoms with Gasteiger partial charge in [-0.1, -0.05) is 43.7 Å². The van der Waals surface area contributed by atoms with E-state index in [1.54, 1.807) is 30.3 Å². The summed E-state index contributed by atoms with van der Waals surface area (Å²) in [5.41, 5.74) is 0.542. The zero-order valence-electron chi connectivity index (χ0n) is 9.67. The number of hydrogen-bond acceptors (Lipinski definition) is 2. The number of rotatable bonds is 6. The van der Waals surface area contributed by atoms with Gasteiger partial charge in [0.15, 0.2) is 0 Å². The molecule has 0 aliphatic heterocycles. The van der Waals surface area contributed by atoms with E-state index in [9.17, 15) is 14.7 Å². The topological polar surface area (TPSA) is 74.6 Å². The maximum Gasteiger partial charge on any atom is 0.311 e. The summed E-state index contributed by atoms with van der Waals surface area (Å²) in [7, 11) is 0. The summed E-state index contributed by atoms with van der Waals surface area (Å²) < 4.78 is 0. The fourth-order valence-corrected chi connectivity index (χ4v) is 1.95. The second-order valence-corrected chi connectivity index (χ2v) is 3.96. The van der Waals surface area contributed by atoms with Gasteiger partial charge in [-0.15, -0.1) is 0 Å². The second kappa shape index (κ2) is 6.03. The van der Waals surface area contributed by atoms with Gasteiger partial charge in [0.1, 0.15) is 0 Å². The molecule has 1 aromatic carbocycles. The molecular weight excluding hydrogens is 220 g/mol. The Morgan fingerprint density at radius 1 is 1.12 bits per heavy atom. The molecule has 4 nitrogen and oxygen atoms in total. The van der Waals surface area contributed by atoms with Gasteiger partial charge in [0.25, 0.3) is 0 Å². The van der Waals surface area contributed by atoms with Crippen molar-refractivity contribution in [3.63, 3.8) is 0 Å². The highest BCUT2D eigenvalue weighted by Gasteiger charge is 2.34. The minimum atomic E-state index is -1.09. The number of carbonyl (C=O) groups is 2. The largest absolute Gasteiger partial charge is 0.481 e. The summed E-state index contributed by atoms with van der Waals surface area (Å²) in [6, 6.07) is 8.53. The van der Waals surface area contributed by atoms with Crippen LogP contribution in [-0.4, -0.2) is 22.2 Å². The van der Waals surface area contributed by atoms with Crippen molar-refractivity contribution >= 4 is 11.9 Å². The van der Waals surface area contributed by atoms with Crippen LogP contribution in [0.5, 0.6) is 0 Å². The van der Waals surface area contributed by atoms with Crippen LogP contribution in [0.2, 0.25) is 0 Å². The molecule has 17 heavy (non-hydrogen) atoms. The van der Waals surface area contributed by atoms with Gasteiger partial charge in [0, 0.05) is 0 Å². The molecule has 0 aliphatic rings. The Kier molecular flexibility index (Phi) is 4.69. The third-order valence-electron chi connectivity index (χ3n) is 2.74. The molecule has 0 amide bonds. The minimum absolute atomic E-state index is 0.362.